The number of carbonyl (C=O) groups excluding carboxylic acids is 2. The smallest absolute Gasteiger partial charge is 0.251 e. The van der Waals surface area contributed by atoms with Crippen LogP contribution in [0.4, 0.5) is 0 Å². The van der Waals surface area contributed by atoms with Crippen LogP contribution >= 0.6 is 11.8 Å². The molecule has 0 unspecified atom stereocenters. The molecule has 0 aliphatic carbocycles. The number of benzene rings is 1. The van der Waals surface area contributed by atoms with Gasteiger partial charge in [0.05, 0.1) is 6.04 Å². The van der Waals surface area contributed by atoms with Crippen LogP contribution in [0.25, 0.3) is 0 Å². The first-order valence-electron chi connectivity index (χ1n) is 6.98. The van der Waals surface area contributed by atoms with Gasteiger partial charge in [0.25, 0.3) is 5.91 Å². The number of carbonyl (C=O) groups is 2. The van der Waals surface area contributed by atoms with Crippen molar-refractivity contribution in [3.05, 3.63) is 29.8 Å². The molecule has 0 bridgehead atoms. The molecule has 1 rings (SSSR count). The molecule has 1 aromatic rings. The van der Waals surface area contributed by atoms with Crippen LogP contribution in [-0.4, -0.2) is 23.5 Å². The average Bonchev–Trinajstić information content (AvgIpc) is 2.38. The number of rotatable bonds is 7. The molecule has 0 spiro atoms. The van der Waals surface area contributed by atoms with E-state index in [0.717, 1.165) is 10.6 Å². The maximum Gasteiger partial charge on any atom is 0.251 e. The number of hydrogen-bond donors (Lipinski definition) is 1. The fourth-order valence-electron chi connectivity index (χ4n) is 1.91. The van der Waals surface area contributed by atoms with Crippen LogP contribution < -0.4 is 5.32 Å². The van der Waals surface area contributed by atoms with E-state index in [-0.39, 0.29) is 11.7 Å². The van der Waals surface area contributed by atoms with Gasteiger partial charge >= 0.3 is 0 Å². The SMILES string of the molecule is CCSc1ccc(C(=O)N[C@H](CC(C)C)C(C)=O)cc1. The number of nitrogens with one attached hydrogen (secondary N) is 1. The topological polar surface area (TPSA) is 46.2 Å². The average molecular weight is 293 g/mol. The summed E-state index contributed by atoms with van der Waals surface area (Å²) in [6.45, 7) is 7.70. The summed E-state index contributed by atoms with van der Waals surface area (Å²) < 4.78 is 0. The van der Waals surface area contributed by atoms with Gasteiger partial charge in [0.1, 0.15) is 0 Å². The summed E-state index contributed by atoms with van der Waals surface area (Å²) in [6, 6.07) is 7.09. The molecule has 0 fully saturated rings. The Morgan fingerprint density at radius 3 is 2.25 bits per heavy atom. The Morgan fingerprint density at radius 1 is 1.20 bits per heavy atom. The van der Waals surface area contributed by atoms with Crippen LogP contribution in [0.5, 0.6) is 0 Å². The predicted molar refractivity (Wildman–Crippen MR) is 84.2 cm³/mol. The second-order valence-electron chi connectivity index (χ2n) is 5.22. The van der Waals surface area contributed by atoms with E-state index in [4.69, 9.17) is 0 Å². The summed E-state index contributed by atoms with van der Waals surface area (Å²) >= 11 is 1.74. The van der Waals surface area contributed by atoms with Crippen molar-refractivity contribution >= 4 is 23.5 Å². The van der Waals surface area contributed by atoms with Gasteiger partial charge in [0.2, 0.25) is 0 Å². The van der Waals surface area contributed by atoms with Crippen LogP contribution in [0.15, 0.2) is 29.2 Å². The summed E-state index contributed by atoms with van der Waals surface area (Å²) in [4.78, 5) is 24.9. The predicted octanol–water partition coefficient (Wildman–Crippen LogP) is 3.53. The molecule has 0 aromatic heterocycles. The fourth-order valence-corrected chi connectivity index (χ4v) is 2.57. The van der Waals surface area contributed by atoms with Crippen LogP contribution in [0, 0.1) is 5.92 Å². The minimum Gasteiger partial charge on any atom is -0.342 e. The first kappa shape index (κ1) is 16.8. The lowest BCUT2D eigenvalue weighted by atomic mass is 10.0. The van der Waals surface area contributed by atoms with E-state index in [1.807, 2.05) is 26.0 Å². The van der Waals surface area contributed by atoms with Gasteiger partial charge in [-0.2, -0.15) is 0 Å². The van der Waals surface area contributed by atoms with Crippen molar-refractivity contribution in [3.63, 3.8) is 0 Å². The van der Waals surface area contributed by atoms with Crippen molar-refractivity contribution in [2.45, 2.75) is 45.1 Å². The van der Waals surface area contributed by atoms with E-state index < -0.39 is 6.04 Å². The monoisotopic (exact) mass is 293 g/mol. The summed E-state index contributed by atoms with van der Waals surface area (Å²) in [7, 11) is 0. The third-order valence-electron chi connectivity index (χ3n) is 2.93. The molecular weight excluding hydrogens is 270 g/mol. The molecule has 1 N–H and O–H groups in total. The van der Waals surface area contributed by atoms with Gasteiger partial charge in [0.15, 0.2) is 5.78 Å². The van der Waals surface area contributed by atoms with Crippen molar-refractivity contribution in [2.75, 3.05) is 5.75 Å². The number of Topliss-reactive ketones (excluding diaryl/α,β-unsaturated/α-hetero) is 1. The van der Waals surface area contributed by atoms with Crippen molar-refractivity contribution < 1.29 is 9.59 Å². The van der Waals surface area contributed by atoms with Crippen LogP contribution in [-0.2, 0) is 4.79 Å². The Kier molecular flexibility index (Phi) is 6.79. The molecule has 0 saturated carbocycles. The fraction of sp³-hybridized carbons (Fsp3) is 0.500. The van der Waals surface area contributed by atoms with Crippen LogP contribution in [0.1, 0.15) is 44.5 Å². The van der Waals surface area contributed by atoms with E-state index in [9.17, 15) is 9.59 Å². The zero-order valence-electron chi connectivity index (χ0n) is 12.6. The van der Waals surface area contributed by atoms with Crippen molar-refractivity contribution in [3.8, 4) is 0 Å². The van der Waals surface area contributed by atoms with Crippen LogP contribution in [0.2, 0.25) is 0 Å². The second-order valence-corrected chi connectivity index (χ2v) is 6.56. The van der Waals surface area contributed by atoms with Gasteiger partial charge in [-0.05, 0) is 49.3 Å². The number of hydrogen-bond acceptors (Lipinski definition) is 3. The Morgan fingerprint density at radius 2 is 1.80 bits per heavy atom. The zero-order valence-corrected chi connectivity index (χ0v) is 13.4. The highest BCUT2D eigenvalue weighted by molar-refractivity contribution is 7.99. The highest BCUT2D eigenvalue weighted by Crippen LogP contribution is 2.18. The normalized spacial score (nSPS) is 12.2. The van der Waals surface area contributed by atoms with Gasteiger partial charge in [-0.25, -0.2) is 0 Å². The minimum atomic E-state index is -0.396. The van der Waals surface area contributed by atoms with Gasteiger partial charge in [-0.3, -0.25) is 9.59 Å². The minimum absolute atomic E-state index is 0.00482. The molecule has 0 saturated heterocycles. The summed E-state index contributed by atoms with van der Waals surface area (Å²) in [5.74, 6) is 1.20. The summed E-state index contributed by atoms with van der Waals surface area (Å²) in [5.41, 5.74) is 0.598. The van der Waals surface area contributed by atoms with Gasteiger partial charge < -0.3 is 5.32 Å². The molecule has 1 amide bonds. The molecule has 110 valence electrons. The number of amides is 1. The molecule has 0 radical (unpaired) electrons. The quantitative estimate of drug-likeness (QED) is 0.782. The van der Waals surface area contributed by atoms with E-state index in [1.54, 1.807) is 23.9 Å². The molecule has 4 heteroatoms. The first-order chi connectivity index (χ1) is 9.43. The molecule has 3 nitrogen and oxygen atoms in total. The van der Waals surface area contributed by atoms with Gasteiger partial charge in [-0.15, -0.1) is 11.8 Å². The van der Waals surface area contributed by atoms with E-state index in [2.05, 4.69) is 12.2 Å². The zero-order chi connectivity index (χ0) is 15.1. The molecule has 1 atom stereocenters. The third-order valence-corrected chi connectivity index (χ3v) is 3.82. The Bertz CT molecular complexity index is 454. The van der Waals surface area contributed by atoms with E-state index in [1.165, 1.54) is 6.92 Å². The van der Waals surface area contributed by atoms with Crippen LogP contribution in [0.3, 0.4) is 0 Å². The van der Waals surface area contributed by atoms with Gasteiger partial charge in [0, 0.05) is 10.5 Å². The second kappa shape index (κ2) is 8.10. The molecule has 20 heavy (non-hydrogen) atoms. The number of thioether (sulfide) groups is 1. The third kappa shape index (κ3) is 5.37. The standard InChI is InChI=1S/C16H23NO2S/c1-5-20-14-8-6-13(7-9-14)16(19)17-15(12(4)18)10-11(2)3/h6-9,11,15H,5,10H2,1-4H3,(H,17,19)/t15-/m1/s1. The maximum atomic E-state index is 12.1. The Balaban J connectivity index is 2.70. The van der Waals surface area contributed by atoms with E-state index >= 15 is 0 Å². The lowest BCUT2D eigenvalue weighted by Gasteiger charge is -2.18. The Hall–Kier alpha value is -1.29. The van der Waals surface area contributed by atoms with Crippen molar-refractivity contribution in [1.82, 2.24) is 5.32 Å². The molecular formula is C16H23NO2S. The molecule has 1 aromatic carbocycles. The number of ketones is 1. The summed E-state index contributed by atoms with van der Waals surface area (Å²) in [5, 5.41) is 2.82. The highest BCUT2D eigenvalue weighted by atomic mass is 32.2. The molecule has 0 aliphatic heterocycles. The van der Waals surface area contributed by atoms with Crippen molar-refractivity contribution in [1.29, 1.82) is 0 Å². The van der Waals surface area contributed by atoms with Crippen molar-refractivity contribution in [2.24, 2.45) is 5.92 Å². The largest absolute Gasteiger partial charge is 0.342 e. The summed E-state index contributed by atoms with van der Waals surface area (Å²) in [6.07, 6.45) is 0.671. The Labute approximate surface area is 125 Å². The van der Waals surface area contributed by atoms with Gasteiger partial charge in [-0.1, -0.05) is 20.8 Å². The first-order valence-corrected chi connectivity index (χ1v) is 7.96. The lowest BCUT2D eigenvalue weighted by molar-refractivity contribution is -0.119. The molecule has 0 heterocycles. The molecule has 0 aliphatic rings. The maximum absolute atomic E-state index is 12.1. The van der Waals surface area contributed by atoms with E-state index in [0.29, 0.717) is 17.9 Å². The lowest BCUT2D eigenvalue weighted by Crippen LogP contribution is -2.40. The highest BCUT2D eigenvalue weighted by Gasteiger charge is 2.19.